The Morgan fingerprint density at radius 3 is 2.50 bits per heavy atom. The van der Waals surface area contributed by atoms with Crippen molar-refractivity contribution in [3.8, 4) is 0 Å². The van der Waals surface area contributed by atoms with Crippen molar-refractivity contribution in [1.82, 2.24) is 5.32 Å². The number of nitrogens with one attached hydrogen (secondary N) is 1. The molecular weight excluding hydrogens is 263 g/mol. The van der Waals surface area contributed by atoms with Crippen LogP contribution in [0.1, 0.15) is 44.7 Å². The first-order valence-corrected chi connectivity index (χ1v) is 7.22. The molecule has 0 spiro atoms. The SMILES string of the molecule is CCCNC(C)CC(C)Cc1cccc(C(F)(F)F)c1. The molecule has 114 valence electrons. The average Bonchev–Trinajstić information content (AvgIpc) is 2.35. The van der Waals surface area contributed by atoms with E-state index in [9.17, 15) is 13.2 Å². The number of hydrogen-bond acceptors (Lipinski definition) is 1. The molecule has 2 atom stereocenters. The molecule has 0 bridgehead atoms. The van der Waals surface area contributed by atoms with E-state index >= 15 is 0 Å². The molecule has 0 radical (unpaired) electrons. The van der Waals surface area contributed by atoms with E-state index in [0.29, 0.717) is 18.4 Å². The molecule has 0 saturated carbocycles. The van der Waals surface area contributed by atoms with Crippen LogP contribution in [0.3, 0.4) is 0 Å². The Labute approximate surface area is 119 Å². The van der Waals surface area contributed by atoms with Crippen molar-refractivity contribution in [2.24, 2.45) is 5.92 Å². The molecule has 1 nitrogen and oxygen atoms in total. The van der Waals surface area contributed by atoms with Gasteiger partial charge in [-0.05, 0) is 50.3 Å². The van der Waals surface area contributed by atoms with Gasteiger partial charge in [0.25, 0.3) is 0 Å². The van der Waals surface area contributed by atoms with Crippen LogP contribution in [-0.4, -0.2) is 12.6 Å². The highest BCUT2D eigenvalue weighted by Gasteiger charge is 2.30. The Morgan fingerprint density at radius 2 is 1.90 bits per heavy atom. The Morgan fingerprint density at radius 1 is 1.20 bits per heavy atom. The number of halogens is 3. The van der Waals surface area contributed by atoms with E-state index in [2.05, 4.69) is 26.1 Å². The Bertz CT molecular complexity index is 401. The highest BCUT2D eigenvalue weighted by atomic mass is 19.4. The van der Waals surface area contributed by atoms with Gasteiger partial charge in [-0.3, -0.25) is 0 Å². The van der Waals surface area contributed by atoms with Gasteiger partial charge in [0.1, 0.15) is 0 Å². The summed E-state index contributed by atoms with van der Waals surface area (Å²) in [5, 5.41) is 3.40. The second-order valence-corrected chi connectivity index (χ2v) is 5.60. The van der Waals surface area contributed by atoms with E-state index in [4.69, 9.17) is 0 Å². The van der Waals surface area contributed by atoms with Crippen molar-refractivity contribution >= 4 is 0 Å². The van der Waals surface area contributed by atoms with Gasteiger partial charge in [-0.1, -0.05) is 32.0 Å². The van der Waals surface area contributed by atoms with Crippen molar-refractivity contribution < 1.29 is 13.2 Å². The zero-order chi connectivity index (χ0) is 15.2. The lowest BCUT2D eigenvalue weighted by atomic mass is 9.94. The molecule has 0 aliphatic rings. The molecule has 1 rings (SSSR count). The fourth-order valence-electron chi connectivity index (χ4n) is 2.44. The van der Waals surface area contributed by atoms with Crippen molar-refractivity contribution in [3.63, 3.8) is 0 Å². The number of alkyl halides is 3. The summed E-state index contributed by atoms with van der Waals surface area (Å²) in [6.07, 6.45) is -1.51. The van der Waals surface area contributed by atoms with E-state index in [-0.39, 0.29) is 0 Å². The fourth-order valence-corrected chi connectivity index (χ4v) is 2.44. The third-order valence-electron chi connectivity index (χ3n) is 3.34. The highest BCUT2D eigenvalue weighted by Crippen LogP contribution is 2.30. The summed E-state index contributed by atoms with van der Waals surface area (Å²) in [5.74, 6) is 0.359. The first-order chi connectivity index (χ1) is 9.32. The zero-order valence-corrected chi connectivity index (χ0v) is 12.4. The van der Waals surface area contributed by atoms with Crippen LogP contribution >= 0.6 is 0 Å². The van der Waals surface area contributed by atoms with Gasteiger partial charge in [-0.15, -0.1) is 0 Å². The van der Waals surface area contributed by atoms with Crippen LogP contribution in [0.15, 0.2) is 24.3 Å². The number of rotatable bonds is 7. The van der Waals surface area contributed by atoms with Crippen molar-refractivity contribution in [3.05, 3.63) is 35.4 Å². The summed E-state index contributed by atoms with van der Waals surface area (Å²) in [4.78, 5) is 0. The highest BCUT2D eigenvalue weighted by molar-refractivity contribution is 5.25. The van der Waals surface area contributed by atoms with E-state index in [0.717, 1.165) is 31.0 Å². The third kappa shape index (κ3) is 5.95. The molecule has 0 amide bonds. The summed E-state index contributed by atoms with van der Waals surface area (Å²) < 4.78 is 37.9. The summed E-state index contributed by atoms with van der Waals surface area (Å²) in [6.45, 7) is 7.31. The van der Waals surface area contributed by atoms with Crippen LogP contribution in [-0.2, 0) is 12.6 Å². The maximum absolute atomic E-state index is 12.6. The zero-order valence-electron chi connectivity index (χ0n) is 12.4. The molecular formula is C16H24F3N. The standard InChI is InChI=1S/C16H24F3N/c1-4-8-20-13(3)9-12(2)10-14-6-5-7-15(11-14)16(17,18)19/h5-7,11-13,20H,4,8-10H2,1-3H3. The summed E-state index contributed by atoms with van der Waals surface area (Å²) in [6, 6.07) is 6.05. The lowest BCUT2D eigenvalue weighted by Gasteiger charge is -2.19. The molecule has 0 aromatic heterocycles. The number of benzene rings is 1. The predicted molar refractivity (Wildman–Crippen MR) is 76.7 cm³/mol. The van der Waals surface area contributed by atoms with Crippen LogP contribution in [0.25, 0.3) is 0 Å². The maximum Gasteiger partial charge on any atom is 0.416 e. The quantitative estimate of drug-likeness (QED) is 0.769. The first-order valence-electron chi connectivity index (χ1n) is 7.22. The molecule has 1 aromatic carbocycles. The van der Waals surface area contributed by atoms with Crippen LogP contribution in [0.2, 0.25) is 0 Å². The van der Waals surface area contributed by atoms with Gasteiger partial charge in [0.05, 0.1) is 5.56 Å². The molecule has 20 heavy (non-hydrogen) atoms. The van der Waals surface area contributed by atoms with E-state index in [1.54, 1.807) is 6.07 Å². The molecule has 1 aromatic rings. The first kappa shape index (κ1) is 17.0. The molecule has 1 N–H and O–H groups in total. The second kappa shape index (κ2) is 7.67. The van der Waals surface area contributed by atoms with Gasteiger partial charge < -0.3 is 5.32 Å². The van der Waals surface area contributed by atoms with Gasteiger partial charge >= 0.3 is 6.18 Å². The van der Waals surface area contributed by atoms with Gasteiger partial charge in [-0.25, -0.2) is 0 Å². The van der Waals surface area contributed by atoms with Gasteiger partial charge in [0.2, 0.25) is 0 Å². The van der Waals surface area contributed by atoms with Crippen LogP contribution in [0, 0.1) is 5.92 Å². The van der Waals surface area contributed by atoms with Crippen molar-refractivity contribution in [1.29, 1.82) is 0 Å². The minimum Gasteiger partial charge on any atom is -0.314 e. The fraction of sp³-hybridized carbons (Fsp3) is 0.625. The molecule has 0 aliphatic heterocycles. The molecule has 0 aliphatic carbocycles. The van der Waals surface area contributed by atoms with E-state index in [1.807, 2.05) is 0 Å². The molecule has 0 saturated heterocycles. The summed E-state index contributed by atoms with van der Waals surface area (Å²) in [5.41, 5.74) is 0.203. The van der Waals surface area contributed by atoms with Crippen LogP contribution in [0.4, 0.5) is 13.2 Å². The van der Waals surface area contributed by atoms with E-state index < -0.39 is 11.7 Å². The van der Waals surface area contributed by atoms with Gasteiger partial charge in [-0.2, -0.15) is 13.2 Å². The molecule has 0 fully saturated rings. The second-order valence-electron chi connectivity index (χ2n) is 5.60. The lowest BCUT2D eigenvalue weighted by molar-refractivity contribution is -0.137. The van der Waals surface area contributed by atoms with Gasteiger partial charge in [0.15, 0.2) is 0 Å². The minimum absolute atomic E-state index is 0.359. The molecule has 2 unspecified atom stereocenters. The van der Waals surface area contributed by atoms with Crippen molar-refractivity contribution in [2.75, 3.05) is 6.54 Å². The Hall–Kier alpha value is -1.03. The van der Waals surface area contributed by atoms with Crippen LogP contribution < -0.4 is 5.32 Å². The average molecular weight is 287 g/mol. The largest absolute Gasteiger partial charge is 0.416 e. The summed E-state index contributed by atoms with van der Waals surface area (Å²) in [7, 11) is 0. The monoisotopic (exact) mass is 287 g/mol. The topological polar surface area (TPSA) is 12.0 Å². The van der Waals surface area contributed by atoms with E-state index in [1.165, 1.54) is 12.1 Å². The lowest BCUT2D eigenvalue weighted by Crippen LogP contribution is -2.28. The van der Waals surface area contributed by atoms with Crippen LogP contribution in [0.5, 0.6) is 0 Å². The Kier molecular flexibility index (Phi) is 6.53. The minimum atomic E-state index is -4.25. The van der Waals surface area contributed by atoms with Gasteiger partial charge in [0, 0.05) is 6.04 Å². The Balaban J connectivity index is 2.55. The smallest absolute Gasteiger partial charge is 0.314 e. The maximum atomic E-state index is 12.6. The summed E-state index contributed by atoms with van der Waals surface area (Å²) >= 11 is 0. The van der Waals surface area contributed by atoms with Crippen molar-refractivity contribution in [2.45, 2.75) is 52.3 Å². The molecule has 0 heterocycles. The number of hydrogen-bond donors (Lipinski definition) is 1. The third-order valence-corrected chi connectivity index (χ3v) is 3.34. The molecule has 4 heteroatoms. The normalized spacial score (nSPS) is 15.1. The predicted octanol–water partition coefficient (Wildman–Crippen LogP) is 4.66.